The molecule has 1 aliphatic rings. The van der Waals surface area contributed by atoms with Gasteiger partial charge in [-0.05, 0) is 48.7 Å². The Kier molecular flexibility index (Phi) is 5.82. The normalized spacial score (nSPS) is 15.2. The first-order valence-electron chi connectivity index (χ1n) is 11.2. The highest BCUT2D eigenvalue weighted by Crippen LogP contribution is 2.31. The average molecular weight is 429 g/mol. The summed E-state index contributed by atoms with van der Waals surface area (Å²) in [5, 5.41) is 2.36. The Morgan fingerprint density at radius 3 is 2.47 bits per heavy atom. The van der Waals surface area contributed by atoms with Gasteiger partial charge in [0.15, 0.2) is 11.5 Å². The summed E-state index contributed by atoms with van der Waals surface area (Å²) in [4.78, 5) is 7.31. The molecular formula is C27H28N2O3. The number of hydrogen-bond acceptors (Lipinski definition) is 5. The van der Waals surface area contributed by atoms with E-state index in [1.807, 2.05) is 31.2 Å². The lowest BCUT2D eigenvalue weighted by Gasteiger charge is -2.32. The van der Waals surface area contributed by atoms with Gasteiger partial charge in [0.1, 0.15) is 11.9 Å². The summed E-state index contributed by atoms with van der Waals surface area (Å²) in [6.45, 7) is 4.74. The summed E-state index contributed by atoms with van der Waals surface area (Å²) >= 11 is 0. The van der Waals surface area contributed by atoms with Crippen molar-refractivity contribution < 1.29 is 13.9 Å². The predicted molar refractivity (Wildman–Crippen MR) is 126 cm³/mol. The number of fused-ring (bicyclic) bond motifs is 1. The number of methoxy groups -OCH3 is 1. The van der Waals surface area contributed by atoms with Crippen molar-refractivity contribution in [2.24, 2.45) is 0 Å². The smallest absolute Gasteiger partial charge is 0.227 e. The van der Waals surface area contributed by atoms with Crippen LogP contribution in [0, 0.1) is 6.92 Å². The molecule has 32 heavy (non-hydrogen) atoms. The average Bonchev–Trinajstić information content (AvgIpc) is 3.20. The van der Waals surface area contributed by atoms with Crippen molar-refractivity contribution in [3.63, 3.8) is 0 Å². The Labute approximate surface area is 188 Å². The van der Waals surface area contributed by atoms with Gasteiger partial charge in [-0.2, -0.15) is 0 Å². The second-order valence-corrected chi connectivity index (χ2v) is 8.29. The van der Waals surface area contributed by atoms with Crippen molar-refractivity contribution in [1.29, 1.82) is 0 Å². The second-order valence-electron chi connectivity index (χ2n) is 8.29. The molecule has 0 amide bonds. The third-order valence-corrected chi connectivity index (χ3v) is 6.18. The zero-order valence-electron chi connectivity index (χ0n) is 18.6. The maximum atomic E-state index is 6.22. The number of ether oxygens (including phenoxy) is 2. The van der Waals surface area contributed by atoms with Crippen LogP contribution in [-0.4, -0.2) is 36.2 Å². The topological polar surface area (TPSA) is 47.7 Å². The molecule has 1 fully saturated rings. The van der Waals surface area contributed by atoms with Gasteiger partial charge in [0.2, 0.25) is 5.89 Å². The molecule has 0 unspecified atom stereocenters. The first-order chi connectivity index (χ1) is 15.7. The molecule has 5 heteroatoms. The van der Waals surface area contributed by atoms with Crippen molar-refractivity contribution in [3.05, 3.63) is 78.2 Å². The summed E-state index contributed by atoms with van der Waals surface area (Å²) in [6, 6.07) is 22.5. The van der Waals surface area contributed by atoms with Gasteiger partial charge in [0, 0.05) is 25.2 Å². The van der Waals surface area contributed by atoms with E-state index < -0.39 is 0 Å². The van der Waals surface area contributed by atoms with Gasteiger partial charge in [0.05, 0.1) is 12.8 Å². The van der Waals surface area contributed by atoms with Crippen LogP contribution >= 0.6 is 0 Å². The molecule has 0 N–H and O–H groups in total. The van der Waals surface area contributed by atoms with E-state index in [0.717, 1.165) is 66.4 Å². The highest BCUT2D eigenvalue weighted by atomic mass is 16.5. The fourth-order valence-electron chi connectivity index (χ4n) is 4.39. The van der Waals surface area contributed by atoms with E-state index in [4.69, 9.17) is 18.9 Å². The molecule has 5 nitrogen and oxygen atoms in total. The summed E-state index contributed by atoms with van der Waals surface area (Å²) in [6.07, 6.45) is 2.16. The third kappa shape index (κ3) is 4.21. The number of oxazole rings is 1. The number of rotatable bonds is 6. The van der Waals surface area contributed by atoms with E-state index in [-0.39, 0.29) is 6.10 Å². The summed E-state index contributed by atoms with van der Waals surface area (Å²) in [5.74, 6) is 3.19. The monoisotopic (exact) mass is 428 g/mol. The minimum atomic E-state index is 0.201. The van der Waals surface area contributed by atoms with Gasteiger partial charge < -0.3 is 13.9 Å². The van der Waals surface area contributed by atoms with Crippen LogP contribution in [0.15, 0.2) is 71.1 Å². The van der Waals surface area contributed by atoms with Crippen LogP contribution in [0.2, 0.25) is 0 Å². The molecular weight excluding hydrogens is 400 g/mol. The van der Waals surface area contributed by atoms with Crippen molar-refractivity contribution in [3.8, 4) is 23.0 Å². The van der Waals surface area contributed by atoms with Crippen molar-refractivity contribution >= 4 is 10.8 Å². The quantitative estimate of drug-likeness (QED) is 0.385. The minimum absolute atomic E-state index is 0.201. The van der Waals surface area contributed by atoms with Gasteiger partial charge in [-0.1, -0.05) is 48.5 Å². The largest absolute Gasteiger partial charge is 0.493 e. The molecule has 3 aromatic carbocycles. The molecule has 164 valence electrons. The highest BCUT2D eigenvalue weighted by molar-refractivity contribution is 5.94. The van der Waals surface area contributed by atoms with E-state index in [1.54, 1.807) is 7.11 Å². The van der Waals surface area contributed by atoms with Crippen molar-refractivity contribution in [2.45, 2.75) is 32.4 Å². The number of hydrogen-bond donors (Lipinski definition) is 0. The fraction of sp³-hybridized carbons (Fsp3) is 0.296. The zero-order valence-corrected chi connectivity index (χ0v) is 18.6. The van der Waals surface area contributed by atoms with Gasteiger partial charge in [-0.15, -0.1) is 0 Å². The first kappa shape index (κ1) is 20.6. The van der Waals surface area contributed by atoms with Crippen LogP contribution in [0.25, 0.3) is 22.2 Å². The molecule has 0 aliphatic carbocycles. The molecule has 0 atom stereocenters. The third-order valence-electron chi connectivity index (χ3n) is 6.18. The zero-order chi connectivity index (χ0) is 21.9. The lowest BCUT2D eigenvalue weighted by molar-refractivity contribution is 0.0935. The summed E-state index contributed by atoms with van der Waals surface area (Å²) in [7, 11) is 1.68. The SMILES string of the molecule is COc1ccccc1OC1CCN(Cc2nc(-c3cccc4ccccc34)oc2C)CC1. The van der Waals surface area contributed by atoms with Gasteiger partial charge >= 0.3 is 0 Å². The molecule has 4 aromatic rings. The minimum Gasteiger partial charge on any atom is -0.493 e. The standard InChI is InChI=1S/C27H28N2O3/c1-19-24(28-27(31-19)23-11-7-9-20-8-3-4-10-22(20)23)18-29-16-14-21(15-17-29)32-26-13-6-5-12-25(26)30-2/h3-13,21H,14-18H2,1-2H3. The van der Waals surface area contributed by atoms with Gasteiger partial charge in [-0.3, -0.25) is 4.90 Å². The van der Waals surface area contributed by atoms with Crippen molar-refractivity contribution in [2.75, 3.05) is 20.2 Å². The number of aryl methyl sites for hydroxylation is 1. The number of likely N-dealkylation sites (tertiary alicyclic amines) is 1. The maximum Gasteiger partial charge on any atom is 0.227 e. The second kappa shape index (κ2) is 9.05. The van der Waals surface area contributed by atoms with Crippen LogP contribution < -0.4 is 9.47 Å². The molecule has 1 aromatic heterocycles. The van der Waals surface area contributed by atoms with Gasteiger partial charge in [0.25, 0.3) is 0 Å². The maximum absolute atomic E-state index is 6.22. The van der Waals surface area contributed by atoms with Crippen LogP contribution in [-0.2, 0) is 6.54 Å². The first-order valence-corrected chi connectivity index (χ1v) is 11.2. The molecule has 0 spiro atoms. The van der Waals surface area contributed by atoms with E-state index in [0.29, 0.717) is 5.89 Å². The number of piperidine rings is 1. The van der Waals surface area contributed by atoms with Crippen LogP contribution in [0.3, 0.4) is 0 Å². The number of benzene rings is 3. The Bertz CT molecular complexity index is 1200. The Balaban J connectivity index is 1.25. The number of aromatic nitrogens is 1. The fourth-order valence-corrected chi connectivity index (χ4v) is 4.39. The van der Waals surface area contributed by atoms with Crippen LogP contribution in [0.4, 0.5) is 0 Å². The van der Waals surface area contributed by atoms with Gasteiger partial charge in [-0.25, -0.2) is 4.98 Å². The van der Waals surface area contributed by atoms with Crippen LogP contribution in [0.1, 0.15) is 24.3 Å². The molecule has 5 rings (SSSR count). The van der Waals surface area contributed by atoms with Crippen molar-refractivity contribution in [1.82, 2.24) is 9.88 Å². The number of para-hydroxylation sites is 2. The molecule has 0 bridgehead atoms. The lowest BCUT2D eigenvalue weighted by Crippen LogP contribution is -2.38. The van der Waals surface area contributed by atoms with Crippen LogP contribution in [0.5, 0.6) is 11.5 Å². The summed E-state index contributed by atoms with van der Waals surface area (Å²) < 4.78 is 17.7. The highest BCUT2D eigenvalue weighted by Gasteiger charge is 2.23. The molecule has 0 radical (unpaired) electrons. The Hall–Kier alpha value is -3.31. The van der Waals surface area contributed by atoms with E-state index >= 15 is 0 Å². The predicted octanol–water partition coefficient (Wildman–Crippen LogP) is 5.86. The Morgan fingerprint density at radius 1 is 0.938 bits per heavy atom. The summed E-state index contributed by atoms with van der Waals surface area (Å²) in [5.41, 5.74) is 2.05. The molecule has 1 aliphatic heterocycles. The molecule has 1 saturated heterocycles. The number of nitrogens with zero attached hydrogens (tertiary/aromatic N) is 2. The van der Waals surface area contributed by atoms with E-state index in [2.05, 4.69) is 47.4 Å². The molecule has 0 saturated carbocycles. The lowest BCUT2D eigenvalue weighted by atomic mass is 10.0. The van der Waals surface area contributed by atoms with E-state index in [9.17, 15) is 0 Å². The Morgan fingerprint density at radius 2 is 1.66 bits per heavy atom. The van der Waals surface area contributed by atoms with E-state index in [1.165, 1.54) is 5.39 Å². The molecule has 2 heterocycles.